The van der Waals surface area contributed by atoms with E-state index in [9.17, 15) is 9.59 Å². The second-order valence-electron chi connectivity index (χ2n) is 4.24. The Morgan fingerprint density at radius 1 is 1.10 bits per heavy atom. The summed E-state index contributed by atoms with van der Waals surface area (Å²) in [4.78, 5) is 23.4. The molecule has 2 aromatic carbocycles. The van der Waals surface area contributed by atoms with Crippen molar-refractivity contribution in [2.75, 3.05) is 11.1 Å². The maximum absolute atomic E-state index is 12.2. The number of anilines is 2. The Bertz CT molecular complexity index is 734. The number of carbonyl (C=O) groups excluding carboxylic acids is 2. The first-order chi connectivity index (χ1) is 9.88. The minimum Gasteiger partial charge on any atom is -0.398 e. The van der Waals surface area contributed by atoms with Gasteiger partial charge in [0.25, 0.3) is 5.91 Å². The number of primary amides is 1. The van der Waals surface area contributed by atoms with E-state index in [2.05, 4.69) is 21.2 Å². The summed E-state index contributed by atoms with van der Waals surface area (Å²) < 4.78 is 0.777. The highest BCUT2D eigenvalue weighted by Gasteiger charge is 2.12. The van der Waals surface area contributed by atoms with E-state index >= 15 is 0 Å². The minimum atomic E-state index is -0.667. The Hall–Kier alpha value is -2.05. The molecule has 5 nitrogen and oxygen atoms in total. The highest BCUT2D eigenvalue weighted by Crippen LogP contribution is 2.23. The van der Waals surface area contributed by atoms with Crippen LogP contribution in [-0.4, -0.2) is 11.8 Å². The van der Waals surface area contributed by atoms with Gasteiger partial charge in [0.1, 0.15) is 0 Å². The van der Waals surface area contributed by atoms with Gasteiger partial charge in [0.2, 0.25) is 5.91 Å². The molecule has 0 aliphatic carbocycles. The van der Waals surface area contributed by atoms with E-state index < -0.39 is 11.8 Å². The standard InChI is InChI=1S/C14H11BrClN3O2/c15-7-1-3-9(12(17)5-7)14(21)19-8-2-4-11(16)10(6-8)13(18)20/h1-6H,17H2,(H2,18,20)(H,19,21). The van der Waals surface area contributed by atoms with Gasteiger partial charge in [-0.3, -0.25) is 9.59 Å². The molecule has 0 fully saturated rings. The third kappa shape index (κ3) is 3.53. The third-order valence-electron chi connectivity index (χ3n) is 2.75. The SMILES string of the molecule is NC(=O)c1cc(NC(=O)c2ccc(Br)cc2N)ccc1Cl. The van der Waals surface area contributed by atoms with Crippen molar-refractivity contribution in [1.82, 2.24) is 0 Å². The van der Waals surface area contributed by atoms with E-state index in [-0.39, 0.29) is 10.6 Å². The van der Waals surface area contributed by atoms with Gasteiger partial charge in [0.15, 0.2) is 0 Å². The zero-order valence-electron chi connectivity index (χ0n) is 10.7. The minimum absolute atomic E-state index is 0.137. The molecule has 21 heavy (non-hydrogen) atoms. The van der Waals surface area contributed by atoms with Crippen LogP contribution in [0.4, 0.5) is 11.4 Å². The Balaban J connectivity index is 2.27. The van der Waals surface area contributed by atoms with E-state index in [0.717, 1.165) is 4.47 Å². The summed E-state index contributed by atoms with van der Waals surface area (Å²) in [5.41, 5.74) is 12.2. The molecule has 0 spiro atoms. The van der Waals surface area contributed by atoms with Crippen LogP contribution in [0, 0.1) is 0 Å². The van der Waals surface area contributed by atoms with Crippen LogP contribution in [0.25, 0.3) is 0 Å². The molecule has 0 radical (unpaired) electrons. The van der Waals surface area contributed by atoms with Gasteiger partial charge in [-0.1, -0.05) is 27.5 Å². The summed E-state index contributed by atoms with van der Waals surface area (Å²) in [6.07, 6.45) is 0. The number of nitrogens with two attached hydrogens (primary N) is 2. The molecule has 0 aliphatic rings. The molecule has 2 rings (SSSR count). The van der Waals surface area contributed by atoms with Crippen LogP contribution in [-0.2, 0) is 0 Å². The van der Waals surface area contributed by atoms with Crippen LogP contribution in [0.2, 0.25) is 5.02 Å². The van der Waals surface area contributed by atoms with Crippen LogP contribution in [0.15, 0.2) is 40.9 Å². The average molecular weight is 369 g/mol. The van der Waals surface area contributed by atoms with E-state index in [0.29, 0.717) is 16.9 Å². The van der Waals surface area contributed by atoms with Crippen LogP contribution in [0.3, 0.4) is 0 Å². The predicted molar refractivity (Wildman–Crippen MR) is 86.5 cm³/mol. The first kappa shape index (κ1) is 15.3. The molecule has 2 amide bonds. The van der Waals surface area contributed by atoms with Crippen LogP contribution in [0.5, 0.6) is 0 Å². The lowest BCUT2D eigenvalue weighted by Gasteiger charge is -2.09. The summed E-state index contributed by atoms with van der Waals surface area (Å²) in [6, 6.07) is 9.41. The average Bonchev–Trinajstić information content (AvgIpc) is 2.40. The first-order valence-corrected chi connectivity index (χ1v) is 7.01. The number of amides is 2. The van der Waals surface area contributed by atoms with Crippen molar-refractivity contribution in [1.29, 1.82) is 0 Å². The number of halogens is 2. The van der Waals surface area contributed by atoms with Crippen LogP contribution < -0.4 is 16.8 Å². The van der Waals surface area contributed by atoms with Crippen molar-refractivity contribution >= 4 is 50.7 Å². The number of nitrogens with one attached hydrogen (secondary N) is 1. The summed E-state index contributed by atoms with van der Waals surface area (Å²) >= 11 is 9.12. The number of hydrogen-bond acceptors (Lipinski definition) is 3. The Labute approximate surface area is 134 Å². The van der Waals surface area contributed by atoms with Gasteiger partial charge in [-0.2, -0.15) is 0 Å². The molecule has 2 aromatic rings. The van der Waals surface area contributed by atoms with Crippen LogP contribution in [0.1, 0.15) is 20.7 Å². The largest absolute Gasteiger partial charge is 0.398 e. The fraction of sp³-hybridized carbons (Fsp3) is 0. The lowest BCUT2D eigenvalue weighted by atomic mass is 10.1. The Kier molecular flexibility index (Phi) is 4.50. The van der Waals surface area contributed by atoms with Gasteiger partial charge in [-0.15, -0.1) is 0 Å². The van der Waals surface area contributed by atoms with Gasteiger partial charge in [-0.25, -0.2) is 0 Å². The summed E-state index contributed by atoms with van der Waals surface area (Å²) in [5.74, 6) is -1.06. The predicted octanol–water partition coefficient (Wildman–Crippen LogP) is 3.04. The van der Waals surface area contributed by atoms with Crippen molar-refractivity contribution in [3.63, 3.8) is 0 Å². The van der Waals surface area contributed by atoms with E-state index in [4.69, 9.17) is 23.1 Å². The summed E-state index contributed by atoms with van der Waals surface area (Å²) in [7, 11) is 0. The first-order valence-electron chi connectivity index (χ1n) is 5.84. The van der Waals surface area contributed by atoms with Gasteiger partial charge >= 0.3 is 0 Å². The monoisotopic (exact) mass is 367 g/mol. The molecular formula is C14H11BrClN3O2. The van der Waals surface area contributed by atoms with E-state index in [1.165, 1.54) is 12.1 Å². The number of carbonyl (C=O) groups is 2. The molecule has 0 unspecified atom stereocenters. The molecule has 0 saturated heterocycles. The Morgan fingerprint density at radius 3 is 2.43 bits per heavy atom. The van der Waals surface area contributed by atoms with E-state index in [1.54, 1.807) is 24.3 Å². The van der Waals surface area contributed by atoms with Crippen molar-refractivity contribution in [3.8, 4) is 0 Å². The van der Waals surface area contributed by atoms with Gasteiger partial charge < -0.3 is 16.8 Å². The maximum Gasteiger partial charge on any atom is 0.257 e. The molecule has 0 atom stereocenters. The molecule has 0 bridgehead atoms. The van der Waals surface area contributed by atoms with Crippen molar-refractivity contribution < 1.29 is 9.59 Å². The molecule has 7 heteroatoms. The summed E-state index contributed by atoms with van der Waals surface area (Å²) in [5, 5.41) is 2.87. The highest BCUT2D eigenvalue weighted by molar-refractivity contribution is 9.10. The molecular weight excluding hydrogens is 358 g/mol. The highest BCUT2D eigenvalue weighted by atomic mass is 79.9. The number of nitrogen functional groups attached to an aromatic ring is 1. The topological polar surface area (TPSA) is 98.2 Å². The number of hydrogen-bond donors (Lipinski definition) is 3. The fourth-order valence-corrected chi connectivity index (χ4v) is 2.32. The van der Waals surface area contributed by atoms with Gasteiger partial charge in [0.05, 0.1) is 16.1 Å². The molecule has 5 N–H and O–H groups in total. The second-order valence-corrected chi connectivity index (χ2v) is 5.57. The quantitative estimate of drug-likeness (QED) is 0.726. The second kappa shape index (κ2) is 6.15. The third-order valence-corrected chi connectivity index (χ3v) is 3.57. The van der Waals surface area contributed by atoms with Crippen molar-refractivity contribution in [2.24, 2.45) is 5.73 Å². The lowest BCUT2D eigenvalue weighted by molar-refractivity contribution is 0.0996. The molecule has 0 aliphatic heterocycles. The van der Waals surface area contributed by atoms with Gasteiger partial charge in [0, 0.05) is 15.8 Å². The zero-order chi connectivity index (χ0) is 15.6. The molecule has 0 saturated carbocycles. The molecule has 0 heterocycles. The van der Waals surface area contributed by atoms with Crippen LogP contribution >= 0.6 is 27.5 Å². The Morgan fingerprint density at radius 2 is 1.81 bits per heavy atom. The zero-order valence-corrected chi connectivity index (χ0v) is 13.0. The van der Waals surface area contributed by atoms with Crippen molar-refractivity contribution in [2.45, 2.75) is 0 Å². The number of benzene rings is 2. The fourth-order valence-electron chi connectivity index (χ4n) is 1.73. The smallest absolute Gasteiger partial charge is 0.257 e. The molecule has 0 aromatic heterocycles. The maximum atomic E-state index is 12.2. The van der Waals surface area contributed by atoms with Gasteiger partial charge in [-0.05, 0) is 36.4 Å². The normalized spacial score (nSPS) is 10.2. The van der Waals surface area contributed by atoms with E-state index in [1.807, 2.05) is 0 Å². The molecule has 108 valence electrons. The van der Waals surface area contributed by atoms with Crippen molar-refractivity contribution in [3.05, 3.63) is 57.0 Å². The number of rotatable bonds is 3. The lowest BCUT2D eigenvalue weighted by Crippen LogP contribution is -2.16. The summed E-state index contributed by atoms with van der Waals surface area (Å²) in [6.45, 7) is 0.